The van der Waals surface area contributed by atoms with Crippen molar-refractivity contribution in [3.63, 3.8) is 0 Å². The van der Waals surface area contributed by atoms with Crippen molar-refractivity contribution in [2.75, 3.05) is 13.2 Å². The molecule has 4 heteroatoms. The van der Waals surface area contributed by atoms with Crippen LogP contribution in [0.2, 0.25) is 0 Å². The second-order valence-electron chi connectivity index (χ2n) is 2.39. The lowest BCUT2D eigenvalue weighted by Crippen LogP contribution is -2.38. The van der Waals surface area contributed by atoms with Gasteiger partial charge in [0, 0.05) is 5.92 Å². The van der Waals surface area contributed by atoms with Crippen molar-refractivity contribution in [3.05, 3.63) is 0 Å². The molecule has 10 heavy (non-hydrogen) atoms. The topological polar surface area (TPSA) is 55.8 Å². The maximum atomic E-state index is 9.99. The first-order valence-corrected chi connectivity index (χ1v) is 3.17. The monoisotopic (exact) mass is 146 g/mol. The molecule has 0 amide bonds. The minimum atomic E-state index is -1.21. The molecule has 1 aliphatic rings. The van der Waals surface area contributed by atoms with Crippen LogP contribution in [0.15, 0.2) is 0 Å². The summed E-state index contributed by atoms with van der Waals surface area (Å²) in [4.78, 5) is 9.99. The third-order valence-corrected chi connectivity index (χ3v) is 1.61. The first-order chi connectivity index (χ1) is 4.70. The summed E-state index contributed by atoms with van der Waals surface area (Å²) in [6.45, 7) is 2.98. The van der Waals surface area contributed by atoms with Crippen LogP contribution in [0.3, 0.4) is 0 Å². The van der Waals surface area contributed by atoms with E-state index in [1.54, 1.807) is 6.92 Å². The fourth-order valence-electron chi connectivity index (χ4n) is 0.780. The van der Waals surface area contributed by atoms with E-state index in [1.807, 2.05) is 0 Å². The lowest BCUT2D eigenvalue weighted by Gasteiger charge is -2.29. The summed E-state index contributed by atoms with van der Waals surface area (Å²) in [6.07, 6.45) is -1.44. The molecule has 1 heterocycles. The largest absolute Gasteiger partial charge is 0.506 e. The van der Waals surface area contributed by atoms with E-state index in [-0.39, 0.29) is 12.0 Å². The molecule has 1 atom stereocenters. The Balaban J connectivity index is 2.19. The van der Waals surface area contributed by atoms with Gasteiger partial charge in [0.25, 0.3) is 0 Å². The van der Waals surface area contributed by atoms with Gasteiger partial charge in [-0.3, -0.25) is 0 Å². The maximum absolute atomic E-state index is 9.99. The molecule has 1 N–H and O–H groups in total. The molecule has 1 saturated heterocycles. The Morgan fingerprint density at radius 3 is 2.70 bits per heavy atom. The van der Waals surface area contributed by atoms with E-state index in [0.29, 0.717) is 13.2 Å². The van der Waals surface area contributed by atoms with E-state index in [1.165, 1.54) is 0 Å². The highest BCUT2D eigenvalue weighted by Crippen LogP contribution is 2.16. The highest BCUT2D eigenvalue weighted by atomic mass is 16.7. The van der Waals surface area contributed by atoms with E-state index >= 15 is 0 Å². The molecule has 0 spiro atoms. The number of rotatable bonds is 2. The number of carboxylic acid groups (broad SMARTS) is 1. The normalized spacial score (nSPS) is 21.3. The molecule has 4 nitrogen and oxygen atoms in total. The highest BCUT2D eigenvalue weighted by Gasteiger charge is 2.27. The maximum Gasteiger partial charge on any atom is 0.506 e. The van der Waals surface area contributed by atoms with E-state index in [2.05, 4.69) is 4.74 Å². The molecule has 1 fully saturated rings. The fourth-order valence-corrected chi connectivity index (χ4v) is 0.780. The van der Waals surface area contributed by atoms with Crippen LogP contribution in [0.1, 0.15) is 6.92 Å². The number of hydrogen-bond acceptors (Lipinski definition) is 3. The van der Waals surface area contributed by atoms with Crippen molar-refractivity contribution in [2.24, 2.45) is 5.92 Å². The van der Waals surface area contributed by atoms with Crippen LogP contribution in [-0.2, 0) is 9.47 Å². The predicted molar refractivity (Wildman–Crippen MR) is 32.9 cm³/mol. The summed E-state index contributed by atoms with van der Waals surface area (Å²) in [5.74, 6) is 0.260. The minimum absolute atomic E-state index is 0.230. The van der Waals surface area contributed by atoms with Gasteiger partial charge in [0.1, 0.15) is 6.10 Å². The Morgan fingerprint density at radius 1 is 1.80 bits per heavy atom. The Morgan fingerprint density at radius 2 is 2.40 bits per heavy atom. The molecule has 0 saturated carbocycles. The molecule has 0 radical (unpaired) electrons. The van der Waals surface area contributed by atoms with Gasteiger partial charge in [-0.2, -0.15) is 0 Å². The predicted octanol–water partition coefficient (Wildman–Crippen LogP) is 0.716. The van der Waals surface area contributed by atoms with Crippen LogP contribution in [0.4, 0.5) is 4.79 Å². The average Bonchev–Trinajstić information content (AvgIpc) is 1.55. The van der Waals surface area contributed by atoms with Crippen LogP contribution in [0, 0.1) is 5.92 Å². The van der Waals surface area contributed by atoms with Gasteiger partial charge in [-0.25, -0.2) is 4.79 Å². The zero-order valence-corrected chi connectivity index (χ0v) is 5.74. The third kappa shape index (κ3) is 1.60. The molecule has 0 aromatic carbocycles. The van der Waals surface area contributed by atoms with E-state index < -0.39 is 6.16 Å². The third-order valence-electron chi connectivity index (χ3n) is 1.61. The summed E-state index contributed by atoms with van der Waals surface area (Å²) in [5.41, 5.74) is 0. The number of ether oxygens (including phenoxy) is 2. The summed E-state index contributed by atoms with van der Waals surface area (Å²) in [7, 11) is 0. The Hall–Kier alpha value is -0.770. The Labute approximate surface area is 58.7 Å². The quantitative estimate of drug-likeness (QED) is 0.583. The van der Waals surface area contributed by atoms with Crippen LogP contribution in [0.25, 0.3) is 0 Å². The lowest BCUT2D eigenvalue weighted by molar-refractivity contribution is -0.0939. The average molecular weight is 146 g/mol. The first kappa shape index (κ1) is 7.34. The molecule has 58 valence electrons. The van der Waals surface area contributed by atoms with Crippen molar-refractivity contribution in [1.82, 2.24) is 0 Å². The fraction of sp³-hybridized carbons (Fsp3) is 0.833. The highest BCUT2D eigenvalue weighted by molar-refractivity contribution is 5.57. The molecule has 1 rings (SSSR count). The Kier molecular flexibility index (Phi) is 2.11. The van der Waals surface area contributed by atoms with Gasteiger partial charge >= 0.3 is 6.16 Å². The number of carbonyl (C=O) groups is 1. The van der Waals surface area contributed by atoms with Crippen LogP contribution in [0.5, 0.6) is 0 Å². The zero-order valence-electron chi connectivity index (χ0n) is 5.74. The molecule has 0 aromatic rings. The molecular weight excluding hydrogens is 136 g/mol. The molecule has 1 aliphatic heterocycles. The molecule has 0 aromatic heterocycles. The smallest absolute Gasteiger partial charge is 0.450 e. The second kappa shape index (κ2) is 2.88. The van der Waals surface area contributed by atoms with Crippen LogP contribution < -0.4 is 0 Å². The summed E-state index contributed by atoms with van der Waals surface area (Å²) in [6, 6.07) is 0. The molecule has 0 bridgehead atoms. The standard InChI is InChI=1S/C6H10O4/c1-4(10-6(7)8)5-2-9-3-5/h4-5H,2-3H2,1H3,(H,7,8). The van der Waals surface area contributed by atoms with Gasteiger partial charge < -0.3 is 14.6 Å². The van der Waals surface area contributed by atoms with Crippen LogP contribution in [-0.4, -0.2) is 30.6 Å². The SMILES string of the molecule is CC(OC(=O)O)C1COC1. The van der Waals surface area contributed by atoms with Crippen LogP contribution >= 0.6 is 0 Å². The lowest BCUT2D eigenvalue weighted by atomic mass is 10.0. The van der Waals surface area contributed by atoms with Crippen molar-refractivity contribution in [2.45, 2.75) is 13.0 Å². The van der Waals surface area contributed by atoms with Crippen molar-refractivity contribution < 1.29 is 19.4 Å². The van der Waals surface area contributed by atoms with Crippen molar-refractivity contribution in [1.29, 1.82) is 0 Å². The van der Waals surface area contributed by atoms with E-state index in [0.717, 1.165) is 0 Å². The summed E-state index contributed by atoms with van der Waals surface area (Å²) >= 11 is 0. The van der Waals surface area contributed by atoms with Crippen molar-refractivity contribution >= 4 is 6.16 Å². The van der Waals surface area contributed by atoms with E-state index in [4.69, 9.17) is 9.84 Å². The number of hydrogen-bond donors (Lipinski definition) is 1. The van der Waals surface area contributed by atoms with Gasteiger partial charge in [-0.05, 0) is 6.92 Å². The minimum Gasteiger partial charge on any atom is -0.450 e. The summed E-state index contributed by atoms with van der Waals surface area (Å²) < 4.78 is 9.36. The van der Waals surface area contributed by atoms with Gasteiger partial charge in [-0.1, -0.05) is 0 Å². The van der Waals surface area contributed by atoms with Gasteiger partial charge in [0.15, 0.2) is 0 Å². The van der Waals surface area contributed by atoms with Gasteiger partial charge in [0.05, 0.1) is 13.2 Å². The Bertz CT molecular complexity index is 130. The van der Waals surface area contributed by atoms with Gasteiger partial charge in [0.2, 0.25) is 0 Å². The molecular formula is C6H10O4. The van der Waals surface area contributed by atoms with E-state index in [9.17, 15) is 4.79 Å². The summed E-state index contributed by atoms with van der Waals surface area (Å²) in [5, 5.41) is 8.19. The zero-order chi connectivity index (χ0) is 7.56. The first-order valence-electron chi connectivity index (χ1n) is 3.17. The second-order valence-corrected chi connectivity index (χ2v) is 2.39. The molecule has 0 aliphatic carbocycles. The van der Waals surface area contributed by atoms with Gasteiger partial charge in [-0.15, -0.1) is 0 Å². The van der Waals surface area contributed by atoms with Crippen molar-refractivity contribution in [3.8, 4) is 0 Å². The molecule has 1 unspecified atom stereocenters.